The van der Waals surface area contributed by atoms with Gasteiger partial charge in [0.2, 0.25) is 5.91 Å². The summed E-state index contributed by atoms with van der Waals surface area (Å²) in [6, 6.07) is 3.22. The topological polar surface area (TPSA) is 58.6 Å². The van der Waals surface area contributed by atoms with E-state index in [1.807, 2.05) is 0 Å². The van der Waals surface area contributed by atoms with Gasteiger partial charge in [0.25, 0.3) is 0 Å². The van der Waals surface area contributed by atoms with Gasteiger partial charge in [-0.2, -0.15) is 0 Å². The molecule has 2 N–H and O–H groups in total. The highest BCUT2D eigenvalue weighted by atomic mass is 16.5. The Morgan fingerprint density at radius 3 is 3.00 bits per heavy atom. The monoisotopic (exact) mass is 179 g/mol. The van der Waals surface area contributed by atoms with Crippen LogP contribution in [-0.4, -0.2) is 18.1 Å². The summed E-state index contributed by atoms with van der Waals surface area (Å²) in [5.41, 5.74) is 1.28. The summed E-state index contributed by atoms with van der Waals surface area (Å²) >= 11 is 0. The van der Waals surface area contributed by atoms with E-state index in [9.17, 15) is 9.90 Å². The quantitative estimate of drug-likeness (QED) is 0.629. The minimum atomic E-state index is -0.0986. The second kappa shape index (κ2) is 2.65. The van der Waals surface area contributed by atoms with Crippen molar-refractivity contribution in [1.29, 1.82) is 0 Å². The first kappa shape index (κ1) is 7.91. The van der Waals surface area contributed by atoms with E-state index in [-0.39, 0.29) is 11.7 Å². The largest absolute Gasteiger partial charge is 0.506 e. The first-order valence-electron chi connectivity index (χ1n) is 3.90. The fourth-order valence-corrected chi connectivity index (χ4v) is 1.42. The molecule has 0 fully saturated rings. The number of ether oxygens (including phenoxy) is 1. The molecule has 13 heavy (non-hydrogen) atoms. The lowest BCUT2D eigenvalue weighted by Gasteiger charge is -2.05. The number of rotatable bonds is 1. The van der Waals surface area contributed by atoms with Crippen LogP contribution in [0.15, 0.2) is 12.1 Å². The summed E-state index contributed by atoms with van der Waals surface area (Å²) in [5, 5.41) is 12.0. The van der Waals surface area contributed by atoms with Crippen LogP contribution in [-0.2, 0) is 11.2 Å². The fraction of sp³-hybridized carbons (Fsp3) is 0.222. The summed E-state index contributed by atoms with van der Waals surface area (Å²) < 4.78 is 4.96. The highest BCUT2D eigenvalue weighted by Crippen LogP contribution is 2.36. The van der Waals surface area contributed by atoms with Crippen LogP contribution < -0.4 is 10.1 Å². The molecule has 0 aromatic heterocycles. The van der Waals surface area contributed by atoms with Crippen molar-refractivity contribution in [2.75, 3.05) is 12.4 Å². The standard InChI is InChI=1S/C9H9NO3/c1-13-6-2-5-3-8(12)10-9(5)7(11)4-6/h2,4,11H,3H2,1H3,(H,10,12). The average molecular weight is 179 g/mol. The van der Waals surface area contributed by atoms with Gasteiger partial charge in [0, 0.05) is 6.07 Å². The molecule has 0 unspecified atom stereocenters. The number of carbonyl (C=O) groups excluding carboxylic acids is 1. The summed E-state index contributed by atoms with van der Waals surface area (Å²) in [7, 11) is 1.52. The van der Waals surface area contributed by atoms with Gasteiger partial charge in [-0.3, -0.25) is 4.79 Å². The van der Waals surface area contributed by atoms with Gasteiger partial charge >= 0.3 is 0 Å². The molecule has 0 bridgehead atoms. The van der Waals surface area contributed by atoms with Crippen LogP contribution in [0, 0.1) is 0 Å². The van der Waals surface area contributed by atoms with Gasteiger partial charge in [-0.05, 0) is 11.6 Å². The van der Waals surface area contributed by atoms with Crippen molar-refractivity contribution in [3.05, 3.63) is 17.7 Å². The highest BCUT2D eigenvalue weighted by Gasteiger charge is 2.21. The molecule has 0 radical (unpaired) electrons. The zero-order valence-electron chi connectivity index (χ0n) is 7.13. The zero-order chi connectivity index (χ0) is 9.42. The number of phenolic OH excluding ortho intramolecular Hbond substituents is 1. The van der Waals surface area contributed by atoms with Crippen LogP contribution in [0.3, 0.4) is 0 Å². The normalized spacial score (nSPS) is 13.8. The number of hydrogen-bond acceptors (Lipinski definition) is 3. The van der Waals surface area contributed by atoms with E-state index in [1.165, 1.54) is 13.2 Å². The van der Waals surface area contributed by atoms with E-state index in [0.717, 1.165) is 5.56 Å². The number of hydrogen-bond donors (Lipinski definition) is 2. The average Bonchev–Trinajstić information content (AvgIpc) is 2.46. The van der Waals surface area contributed by atoms with Crippen LogP contribution >= 0.6 is 0 Å². The molecule has 0 saturated heterocycles. The van der Waals surface area contributed by atoms with Crippen molar-refractivity contribution in [3.63, 3.8) is 0 Å². The molecule has 0 atom stereocenters. The SMILES string of the molecule is COc1cc(O)c2c(c1)CC(=O)N2. The Labute approximate surface area is 75.1 Å². The smallest absolute Gasteiger partial charge is 0.228 e. The molecular formula is C9H9NO3. The molecule has 1 amide bonds. The third-order valence-electron chi connectivity index (χ3n) is 2.02. The van der Waals surface area contributed by atoms with Crippen LogP contribution in [0.2, 0.25) is 0 Å². The lowest BCUT2D eigenvalue weighted by molar-refractivity contribution is -0.115. The molecule has 4 nitrogen and oxygen atoms in total. The van der Waals surface area contributed by atoms with Gasteiger partial charge < -0.3 is 15.2 Å². The Bertz CT molecular complexity index is 373. The number of amides is 1. The third-order valence-corrected chi connectivity index (χ3v) is 2.02. The molecular weight excluding hydrogens is 170 g/mol. The van der Waals surface area contributed by atoms with Crippen molar-refractivity contribution in [2.45, 2.75) is 6.42 Å². The zero-order valence-corrected chi connectivity index (χ0v) is 7.13. The predicted octanol–water partition coefficient (Wildman–Crippen LogP) is 0.895. The summed E-state index contributed by atoms with van der Waals surface area (Å²) in [6.45, 7) is 0. The molecule has 1 aliphatic rings. The van der Waals surface area contributed by atoms with Crippen molar-refractivity contribution in [2.24, 2.45) is 0 Å². The summed E-state index contributed by atoms with van der Waals surface area (Å²) in [5.74, 6) is 0.520. The number of methoxy groups -OCH3 is 1. The Kier molecular flexibility index (Phi) is 1.62. The van der Waals surface area contributed by atoms with Gasteiger partial charge in [0.05, 0.1) is 19.2 Å². The van der Waals surface area contributed by atoms with Gasteiger partial charge in [-0.15, -0.1) is 0 Å². The number of fused-ring (bicyclic) bond motifs is 1. The van der Waals surface area contributed by atoms with Gasteiger partial charge in [-0.1, -0.05) is 0 Å². The minimum absolute atomic E-state index is 0.0557. The number of aromatic hydroxyl groups is 1. The van der Waals surface area contributed by atoms with Crippen molar-refractivity contribution >= 4 is 11.6 Å². The summed E-state index contributed by atoms with van der Waals surface area (Å²) in [4.78, 5) is 11.0. The Morgan fingerprint density at radius 1 is 1.54 bits per heavy atom. The van der Waals surface area contributed by atoms with E-state index < -0.39 is 0 Å². The lowest BCUT2D eigenvalue weighted by Crippen LogP contribution is -2.03. The number of benzene rings is 1. The number of nitrogens with one attached hydrogen (secondary N) is 1. The third kappa shape index (κ3) is 1.20. The maximum atomic E-state index is 11.0. The maximum absolute atomic E-state index is 11.0. The van der Waals surface area contributed by atoms with Crippen molar-refractivity contribution < 1.29 is 14.6 Å². The van der Waals surface area contributed by atoms with E-state index in [0.29, 0.717) is 17.9 Å². The molecule has 1 aliphatic heterocycles. The Morgan fingerprint density at radius 2 is 2.31 bits per heavy atom. The van der Waals surface area contributed by atoms with Crippen LogP contribution in [0.5, 0.6) is 11.5 Å². The van der Waals surface area contributed by atoms with Crippen molar-refractivity contribution in [3.8, 4) is 11.5 Å². The van der Waals surface area contributed by atoms with Crippen LogP contribution in [0.1, 0.15) is 5.56 Å². The molecule has 4 heteroatoms. The van der Waals surface area contributed by atoms with E-state index in [1.54, 1.807) is 6.07 Å². The van der Waals surface area contributed by atoms with Crippen molar-refractivity contribution in [1.82, 2.24) is 0 Å². The second-order valence-corrected chi connectivity index (χ2v) is 2.91. The van der Waals surface area contributed by atoms with E-state index in [4.69, 9.17) is 4.74 Å². The van der Waals surface area contributed by atoms with Crippen LogP contribution in [0.25, 0.3) is 0 Å². The predicted molar refractivity (Wildman–Crippen MR) is 47.0 cm³/mol. The molecule has 1 heterocycles. The number of anilines is 1. The summed E-state index contributed by atoms with van der Waals surface area (Å²) in [6.07, 6.45) is 0.306. The van der Waals surface area contributed by atoms with Gasteiger partial charge in [0.1, 0.15) is 11.5 Å². The first-order chi connectivity index (χ1) is 6.20. The fourth-order valence-electron chi connectivity index (χ4n) is 1.42. The second-order valence-electron chi connectivity index (χ2n) is 2.91. The number of phenols is 1. The molecule has 0 aliphatic carbocycles. The molecule has 2 rings (SSSR count). The molecule has 1 aromatic rings. The van der Waals surface area contributed by atoms with Crippen LogP contribution in [0.4, 0.5) is 5.69 Å². The highest BCUT2D eigenvalue weighted by molar-refractivity contribution is 6.01. The molecule has 1 aromatic carbocycles. The molecule has 0 spiro atoms. The molecule has 68 valence electrons. The Balaban J connectivity index is 2.52. The van der Waals surface area contributed by atoms with Gasteiger partial charge in [0.15, 0.2) is 0 Å². The first-order valence-corrected chi connectivity index (χ1v) is 3.90. The van der Waals surface area contributed by atoms with Gasteiger partial charge in [-0.25, -0.2) is 0 Å². The minimum Gasteiger partial charge on any atom is -0.506 e. The van der Waals surface area contributed by atoms with E-state index in [2.05, 4.69) is 5.32 Å². The molecule has 0 saturated carbocycles. The van der Waals surface area contributed by atoms with E-state index >= 15 is 0 Å². The Hall–Kier alpha value is -1.71. The maximum Gasteiger partial charge on any atom is 0.228 e. The lowest BCUT2D eigenvalue weighted by atomic mass is 10.1. The number of carbonyl (C=O) groups is 1.